The lowest BCUT2D eigenvalue weighted by Crippen LogP contribution is -2.38. The lowest BCUT2D eigenvalue weighted by Gasteiger charge is -2.18. The summed E-state index contributed by atoms with van der Waals surface area (Å²) in [6, 6.07) is 7.28. The highest BCUT2D eigenvalue weighted by atomic mass is 16.2. The van der Waals surface area contributed by atoms with Crippen molar-refractivity contribution in [2.75, 3.05) is 23.3 Å². The Morgan fingerprint density at radius 1 is 1.47 bits per heavy atom. The van der Waals surface area contributed by atoms with Crippen LogP contribution in [-0.4, -0.2) is 30.9 Å². The van der Waals surface area contributed by atoms with Gasteiger partial charge in [-0.2, -0.15) is 0 Å². The minimum atomic E-state index is -0.115. The average molecular weight is 261 g/mol. The van der Waals surface area contributed by atoms with Crippen LogP contribution in [0.3, 0.4) is 0 Å². The van der Waals surface area contributed by atoms with E-state index >= 15 is 0 Å². The summed E-state index contributed by atoms with van der Waals surface area (Å²) in [5, 5.41) is 5.91. The number of anilines is 2. The van der Waals surface area contributed by atoms with Crippen LogP contribution in [0.4, 0.5) is 11.4 Å². The highest BCUT2D eigenvalue weighted by Gasteiger charge is 2.31. The Bertz CT molecular complexity index is 487. The van der Waals surface area contributed by atoms with Gasteiger partial charge in [-0.3, -0.25) is 9.59 Å². The minimum absolute atomic E-state index is 0.0885. The Hall–Kier alpha value is -1.88. The normalized spacial score (nSPS) is 18.7. The lowest BCUT2D eigenvalue weighted by atomic mass is 10.2. The van der Waals surface area contributed by atoms with E-state index in [9.17, 15) is 9.59 Å². The second-order valence-electron chi connectivity index (χ2n) is 4.62. The molecule has 1 aliphatic rings. The van der Waals surface area contributed by atoms with Gasteiger partial charge >= 0.3 is 0 Å². The largest absolute Gasteiger partial charge is 0.326 e. The van der Waals surface area contributed by atoms with E-state index in [2.05, 4.69) is 10.6 Å². The predicted octanol–water partition coefficient (Wildman–Crippen LogP) is 1.36. The predicted molar refractivity (Wildman–Crippen MR) is 75.2 cm³/mol. The summed E-state index contributed by atoms with van der Waals surface area (Å²) in [4.78, 5) is 25.0. The number of benzene rings is 1. The second-order valence-corrected chi connectivity index (χ2v) is 4.62. The summed E-state index contributed by atoms with van der Waals surface area (Å²) in [6.45, 7) is 4.96. The quantitative estimate of drug-likeness (QED) is 0.860. The molecule has 2 rings (SSSR count). The number of hydrogen-bond acceptors (Lipinski definition) is 3. The molecule has 0 radical (unpaired) electrons. The Labute approximate surface area is 113 Å². The summed E-state index contributed by atoms with van der Waals surface area (Å²) < 4.78 is 0. The maximum atomic E-state index is 12.2. The SMILES string of the molecule is CCNC1CCN(c2cccc(NC(C)=O)c2)C1=O. The molecule has 1 heterocycles. The summed E-state index contributed by atoms with van der Waals surface area (Å²) in [7, 11) is 0. The molecule has 0 bridgehead atoms. The van der Waals surface area contributed by atoms with Crippen molar-refractivity contribution in [2.24, 2.45) is 0 Å². The maximum Gasteiger partial charge on any atom is 0.244 e. The standard InChI is InChI=1S/C14H19N3O2/c1-3-15-13-7-8-17(14(13)19)12-6-4-5-11(9-12)16-10(2)18/h4-6,9,13,15H,3,7-8H2,1-2H3,(H,16,18). The van der Waals surface area contributed by atoms with E-state index in [0.717, 1.165) is 18.7 Å². The zero-order valence-electron chi connectivity index (χ0n) is 11.3. The number of amides is 2. The van der Waals surface area contributed by atoms with Gasteiger partial charge in [0.1, 0.15) is 0 Å². The summed E-state index contributed by atoms with van der Waals surface area (Å²) >= 11 is 0. The van der Waals surface area contributed by atoms with Crippen LogP contribution >= 0.6 is 0 Å². The number of rotatable bonds is 4. The summed E-state index contributed by atoms with van der Waals surface area (Å²) in [5.74, 6) is -0.0164. The maximum absolute atomic E-state index is 12.2. The Morgan fingerprint density at radius 3 is 2.95 bits per heavy atom. The van der Waals surface area contributed by atoms with E-state index in [4.69, 9.17) is 0 Å². The second kappa shape index (κ2) is 5.84. The third-order valence-electron chi connectivity index (χ3n) is 3.13. The number of likely N-dealkylation sites (N-methyl/N-ethyl adjacent to an activating group) is 1. The zero-order chi connectivity index (χ0) is 13.8. The van der Waals surface area contributed by atoms with Crippen molar-refractivity contribution < 1.29 is 9.59 Å². The van der Waals surface area contributed by atoms with Crippen molar-refractivity contribution in [1.29, 1.82) is 0 Å². The fourth-order valence-electron chi connectivity index (χ4n) is 2.33. The van der Waals surface area contributed by atoms with Gasteiger partial charge < -0.3 is 15.5 Å². The van der Waals surface area contributed by atoms with Gasteiger partial charge in [0, 0.05) is 24.8 Å². The van der Waals surface area contributed by atoms with Crippen LogP contribution in [0, 0.1) is 0 Å². The molecule has 1 aromatic carbocycles. The van der Waals surface area contributed by atoms with Gasteiger partial charge in [-0.05, 0) is 31.2 Å². The fraction of sp³-hybridized carbons (Fsp3) is 0.429. The van der Waals surface area contributed by atoms with E-state index in [-0.39, 0.29) is 17.9 Å². The van der Waals surface area contributed by atoms with Crippen molar-refractivity contribution in [1.82, 2.24) is 5.32 Å². The highest BCUT2D eigenvalue weighted by molar-refractivity contribution is 6.00. The zero-order valence-corrected chi connectivity index (χ0v) is 11.3. The number of carbonyl (C=O) groups excluding carboxylic acids is 2. The monoisotopic (exact) mass is 261 g/mol. The molecule has 2 amide bonds. The molecule has 1 saturated heterocycles. The van der Waals surface area contributed by atoms with Gasteiger partial charge in [0.15, 0.2) is 0 Å². The van der Waals surface area contributed by atoms with Crippen molar-refractivity contribution in [3.05, 3.63) is 24.3 Å². The van der Waals surface area contributed by atoms with Crippen molar-refractivity contribution >= 4 is 23.2 Å². The van der Waals surface area contributed by atoms with Gasteiger partial charge in [-0.1, -0.05) is 13.0 Å². The third-order valence-corrected chi connectivity index (χ3v) is 3.13. The molecule has 2 N–H and O–H groups in total. The van der Waals surface area contributed by atoms with Crippen LogP contribution in [0.25, 0.3) is 0 Å². The molecule has 1 unspecified atom stereocenters. The fourth-order valence-corrected chi connectivity index (χ4v) is 2.33. The Balaban J connectivity index is 2.14. The van der Waals surface area contributed by atoms with Crippen LogP contribution in [0.5, 0.6) is 0 Å². The molecule has 1 atom stereocenters. The lowest BCUT2D eigenvalue weighted by molar-refractivity contribution is -0.118. The van der Waals surface area contributed by atoms with Crippen LogP contribution in [-0.2, 0) is 9.59 Å². The molecule has 1 fully saturated rings. The Morgan fingerprint density at radius 2 is 2.26 bits per heavy atom. The van der Waals surface area contributed by atoms with E-state index in [1.165, 1.54) is 6.92 Å². The topological polar surface area (TPSA) is 61.4 Å². The minimum Gasteiger partial charge on any atom is -0.326 e. The smallest absolute Gasteiger partial charge is 0.244 e. The van der Waals surface area contributed by atoms with Crippen LogP contribution in [0.15, 0.2) is 24.3 Å². The first kappa shape index (κ1) is 13.5. The molecule has 0 aromatic heterocycles. The van der Waals surface area contributed by atoms with Crippen molar-refractivity contribution in [3.8, 4) is 0 Å². The molecule has 0 saturated carbocycles. The van der Waals surface area contributed by atoms with Gasteiger partial charge in [-0.25, -0.2) is 0 Å². The first-order chi connectivity index (χ1) is 9.11. The highest BCUT2D eigenvalue weighted by Crippen LogP contribution is 2.24. The van der Waals surface area contributed by atoms with Crippen molar-refractivity contribution in [3.63, 3.8) is 0 Å². The van der Waals surface area contributed by atoms with Crippen LogP contribution < -0.4 is 15.5 Å². The number of hydrogen-bond donors (Lipinski definition) is 2. The molecule has 102 valence electrons. The molecule has 5 nitrogen and oxygen atoms in total. The first-order valence-electron chi connectivity index (χ1n) is 6.54. The number of carbonyl (C=O) groups is 2. The molecular formula is C14H19N3O2. The van der Waals surface area contributed by atoms with E-state index in [0.29, 0.717) is 12.2 Å². The summed E-state index contributed by atoms with van der Waals surface area (Å²) in [5.41, 5.74) is 1.54. The molecule has 19 heavy (non-hydrogen) atoms. The van der Waals surface area contributed by atoms with Gasteiger partial charge in [0.25, 0.3) is 0 Å². The van der Waals surface area contributed by atoms with Gasteiger partial charge in [-0.15, -0.1) is 0 Å². The molecule has 1 aromatic rings. The number of nitrogens with zero attached hydrogens (tertiary/aromatic N) is 1. The Kier molecular flexibility index (Phi) is 4.16. The first-order valence-corrected chi connectivity index (χ1v) is 6.54. The molecule has 1 aliphatic heterocycles. The van der Waals surface area contributed by atoms with E-state index < -0.39 is 0 Å². The van der Waals surface area contributed by atoms with Crippen LogP contribution in [0.1, 0.15) is 20.3 Å². The molecular weight excluding hydrogens is 242 g/mol. The third kappa shape index (κ3) is 3.12. The molecule has 0 aliphatic carbocycles. The van der Waals surface area contributed by atoms with Crippen LogP contribution in [0.2, 0.25) is 0 Å². The summed E-state index contributed by atoms with van der Waals surface area (Å²) in [6.07, 6.45) is 0.817. The van der Waals surface area contributed by atoms with E-state index in [1.807, 2.05) is 31.2 Å². The molecule has 5 heteroatoms. The number of nitrogens with one attached hydrogen (secondary N) is 2. The van der Waals surface area contributed by atoms with Gasteiger partial charge in [0.05, 0.1) is 6.04 Å². The molecule has 0 spiro atoms. The average Bonchev–Trinajstić information content (AvgIpc) is 2.71. The van der Waals surface area contributed by atoms with Crippen molar-refractivity contribution in [2.45, 2.75) is 26.3 Å². The van der Waals surface area contributed by atoms with Gasteiger partial charge in [0.2, 0.25) is 11.8 Å². The van der Waals surface area contributed by atoms with E-state index in [1.54, 1.807) is 4.90 Å².